The van der Waals surface area contributed by atoms with Gasteiger partial charge < -0.3 is 10.1 Å². The highest BCUT2D eigenvalue weighted by molar-refractivity contribution is 5.46. The Morgan fingerprint density at radius 3 is 2.71 bits per heavy atom. The summed E-state index contributed by atoms with van der Waals surface area (Å²) < 4.78 is 5.65. The minimum absolute atomic E-state index is 0.131. The van der Waals surface area contributed by atoms with Crippen LogP contribution in [-0.4, -0.2) is 12.6 Å². The molecular formula is C12H15NO. The van der Waals surface area contributed by atoms with Crippen LogP contribution in [0.25, 0.3) is 0 Å². The lowest BCUT2D eigenvalue weighted by atomic mass is 10.0. The topological polar surface area (TPSA) is 21.3 Å². The summed E-state index contributed by atoms with van der Waals surface area (Å²) in [4.78, 5) is 0. The molecule has 0 amide bonds. The Hall–Kier alpha value is -1.44. The highest BCUT2D eigenvalue weighted by atomic mass is 16.5. The van der Waals surface area contributed by atoms with Crippen molar-refractivity contribution < 1.29 is 4.74 Å². The molecule has 1 N–H and O–H groups in total. The molecule has 0 bridgehead atoms. The van der Waals surface area contributed by atoms with Gasteiger partial charge in [0.05, 0.1) is 6.26 Å². The fourth-order valence-corrected chi connectivity index (χ4v) is 2.11. The molecule has 2 rings (SSSR count). The van der Waals surface area contributed by atoms with Gasteiger partial charge in [-0.1, -0.05) is 19.2 Å². The van der Waals surface area contributed by atoms with Gasteiger partial charge in [0.25, 0.3) is 0 Å². The number of nitrogens with one attached hydrogen (secondary N) is 1. The first kappa shape index (κ1) is 9.13. The lowest BCUT2D eigenvalue weighted by molar-refractivity contribution is 0.165. The minimum atomic E-state index is -0.131. The van der Waals surface area contributed by atoms with Crippen molar-refractivity contribution in [3.05, 3.63) is 48.9 Å². The monoisotopic (exact) mass is 189 g/mol. The Labute approximate surface area is 84.6 Å². The zero-order chi connectivity index (χ0) is 10.2. The molecular weight excluding hydrogens is 174 g/mol. The van der Waals surface area contributed by atoms with Gasteiger partial charge in [0.15, 0.2) is 0 Å². The molecule has 1 saturated carbocycles. The van der Waals surface area contributed by atoms with Gasteiger partial charge in [0.2, 0.25) is 0 Å². The van der Waals surface area contributed by atoms with Gasteiger partial charge in [-0.3, -0.25) is 0 Å². The highest BCUT2D eigenvalue weighted by Gasteiger charge is 2.60. The fraction of sp³-hybridized carbons (Fsp3) is 0.333. The molecule has 0 aromatic rings. The Kier molecular flexibility index (Phi) is 1.99. The summed E-state index contributed by atoms with van der Waals surface area (Å²) in [6.45, 7) is 7.62. The molecule has 2 atom stereocenters. The molecule has 2 heteroatoms. The maximum absolute atomic E-state index is 5.65. The van der Waals surface area contributed by atoms with Gasteiger partial charge in [-0.25, -0.2) is 0 Å². The number of hydrogen-bond donors (Lipinski definition) is 1. The number of allylic oxidation sites excluding steroid dienone is 1. The quantitative estimate of drug-likeness (QED) is 0.684. The minimum Gasteiger partial charge on any atom is -0.490 e. The Morgan fingerprint density at radius 1 is 1.57 bits per heavy atom. The van der Waals surface area contributed by atoms with E-state index in [1.165, 1.54) is 0 Å². The van der Waals surface area contributed by atoms with E-state index < -0.39 is 0 Å². The van der Waals surface area contributed by atoms with E-state index in [9.17, 15) is 0 Å². The van der Waals surface area contributed by atoms with Crippen molar-refractivity contribution >= 4 is 0 Å². The first-order valence-corrected chi connectivity index (χ1v) is 4.80. The Morgan fingerprint density at radius 2 is 2.36 bits per heavy atom. The van der Waals surface area contributed by atoms with Crippen LogP contribution in [0.15, 0.2) is 48.9 Å². The standard InChI is InChI=1S/C12H15NO/c1-4-10(11(5-2)13-3)12-8-9(12)6-7-14-12/h4-7,9,13H,1-2,8H2,3H3/b11-10-. The number of likely N-dealkylation sites (N-methyl/N-ethyl adjacent to an activating group) is 1. The summed E-state index contributed by atoms with van der Waals surface area (Å²) in [7, 11) is 1.89. The molecule has 1 aliphatic carbocycles. The Bertz CT molecular complexity index is 340. The lowest BCUT2D eigenvalue weighted by Gasteiger charge is -2.18. The molecule has 1 fully saturated rings. The second kappa shape index (κ2) is 3.05. The maximum Gasteiger partial charge on any atom is 0.142 e. The van der Waals surface area contributed by atoms with E-state index in [2.05, 4.69) is 24.6 Å². The average Bonchev–Trinajstić information content (AvgIpc) is 2.77. The summed E-state index contributed by atoms with van der Waals surface area (Å²) in [5.41, 5.74) is 1.99. The summed E-state index contributed by atoms with van der Waals surface area (Å²) in [6, 6.07) is 0. The van der Waals surface area contributed by atoms with Crippen LogP contribution in [0.2, 0.25) is 0 Å². The summed E-state index contributed by atoms with van der Waals surface area (Å²) in [5.74, 6) is 0.527. The summed E-state index contributed by atoms with van der Waals surface area (Å²) in [6.07, 6.45) is 8.63. The van der Waals surface area contributed by atoms with Crippen molar-refractivity contribution in [3.8, 4) is 0 Å². The molecule has 0 radical (unpaired) electrons. The Balaban J connectivity index is 2.35. The summed E-state index contributed by atoms with van der Waals surface area (Å²) in [5, 5.41) is 3.11. The maximum atomic E-state index is 5.65. The molecule has 2 unspecified atom stereocenters. The number of fused-ring (bicyclic) bond motifs is 1. The molecule has 0 aromatic carbocycles. The van der Waals surface area contributed by atoms with E-state index in [0.717, 1.165) is 17.7 Å². The van der Waals surface area contributed by atoms with E-state index in [0.29, 0.717) is 5.92 Å². The largest absolute Gasteiger partial charge is 0.490 e. The average molecular weight is 189 g/mol. The van der Waals surface area contributed by atoms with Gasteiger partial charge in [-0.2, -0.15) is 0 Å². The first-order chi connectivity index (χ1) is 6.78. The third-order valence-electron chi connectivity index (χ3n) is 2.97. The van der Waals surface area contributed by atoms with Crippen molar-refractivity contribution in [2.24, 2.45) is 5.92 Å². The lowest BCUT2D eigenvalue weighted by Crippen LogP contribution is -2.19. The molecule has 74 valence electrons. The van der Waals surface area contributed by atoms with Crippen LogP contribution in [0.4, 0.5) is 0 Å². The van der Waals surface area contributed by atoms with Crippen LogP contribution in [0.5, 0.6) is 0 Å². The first-order valence-electron chi connectivity index (χ1n) is 4.80. The van der Waals surface area contributed by atoms with Gasteiger partial charge in [-0.15, -0.1) is 0 Å². The molecule has 0 spiro atoms. The predicted octanol–water partition coefficient (Wildman–Crippen LogP) is 2.13. The van der Waals surface area contributed by atoms with Crippen LogP contribution >= 0.6 is 0 Å². The highest BCUT2D eigenvalue weighted by Crippen LogP contribution is 2.57. The molecule has 2 nitrogen and oxygen atoms in total. The molecule has 0 aromatic heterocycles. The van der Waals surface area contributed by atoms with E-state index in [1.807, 2.05) is 19.2 Å². The molecule has 1 aliphatic heterocycles. The van der Waals surface area contributed by atoms with Crippen molar-refractivity contribution in [1.82, 2.24) is 5.32 Å². The zero-order valence-electron chi connectivity index (χ0n) is 8.42. The second-order valence-electron chi connectivity index (χ2n) is 3.63. The zero-order valence-corrected chi connectivity index (χ0v) is 8.42. The van der Waals surface area contributed by atoms with Crippen molar-refractivity contribution in [1.29, 1.82) is 0 Å². The van der Waals surface area contributed by atoms with Crippen LogP contribution in [-0.2, 0) is 4.74 Å². The van der Waals surface area contributed by atoms with Crippen LogP contribution in [0.3, 0.4) is 0 Å². The number of hydrogen-bond acceptors (Lipinski definition) is 2. The van der Waals surface area contributed by atoms with E-state index in [4.69, 9.17) is 4.74 Å². The predicted molar refractivity (Wildman–Crippen MR) is 57.5 cm³/mol. The third-order valence-corrected chi connectivity index (χ3v) is 2.97. The van der Waals surface area contributed by atoms with E-state index >= 15 is 0 Å². The smallest absolute Gasteiger partial charge is 0.142 e. The van der Waals surface area contributed by atoms with Gasteiger partial charge in [0.1, 0.15) is 5.60 Å². The van der Waals surface area contributed by atoms with Crippen LogP contribution in [0, 0.1) is 5.92 Å². The van der Waals surface area contributed by atoms with Crippen molar-refractivity contribution in [2.75, 3.05) is 7.05 Å². The second-order valence-corrected chi connectivity index (χ2v) is 3.63. The molecule has 2 aliphatic rings. The molecule has 14 heavy (non-hydrogen) atoms. The van der Waals surface area contributed by atoms with E-state index in [1.54, 1.807) is 6.26 Å². The van der Waals surface area contributed by atoms with E-state index in [-0.39, 0.29) is 5.60 Å². The number of ether oxygens (including phenoxy) is 1. The fourth-order valence-electron chi connectivity index (χ4n) is 2.11. The van der Waals surface area contributed by atoms with Crippen molar-refractivity contribution in [3.63, 3.8) is 0 Å². The SMILES string of the molecule is C=C/C(NC)=C(\C=C)C12CC1C=CO2. The van der Waals surface area contributed by atoms with Crippen molar-refractivity contribution in [2.45, 2.75) is 12.0 Å². The normalized spacial score (nSPS) is 33.9. The molecule has 1 heterocycles. The number of rotatable bonds is 4. The van der Waals surface area contributed by atoms with Crippen LogP contribution < -0.4 is 5.32 Å². The summed E-state index contributed by atoms with van der Waals surface area (Å²) >= 11 is 0. The van der Waals surface area contributed by atoms with Gasteiger partial charge >= 0.3 is 0 Å². The molecule has 0 saturated heterocycles. The van der Waals surface area contributed by atoms with Gasteiger partial charge in [0, 0.05) is 30.7 Å². The van der Waals surface area contributed by atoms with Crippen LogP contribution in [0.1, 0.15) is 6.42 Å². The van der Waals surface area contributed by atoms with Gasteiger partial charge in [-0.05, 0) is 12.2 Å². The third kappa shape index (κ3) is 1.03.